The topological polar surface area (TPSA) is 102 Å². The lowest BCUT2D eigenvalue weighted by molar-refractivity contribution is -0.383. The number of para-hydroxylation sites is 1. The molecule has 0 radical (unpaired) electrons. The largest absolute Gasteiger partial charge is 0.393 e. The molecule has 1 aromatic heterocycles. The van der Waals surface area contributed by atoms with Crippen molar-refractivity contribution >= 4 is 17.3 Å². The van der Waals surface area contributed by atoms with E-state index >= 15 is 0 Å². The maximum absolute atomic E-state index is 12.3. The Labute approximate surface area is 121 Å². The summed E-state index contributed by atoms with van der Waals surface area (Å²) in [5.41, 5.74) is 6.31. The number of anilines is 1. The molecule has 1 aromatic carbocycles. The summed E-state index contributed by atoms with van der Waals surface area (Å²) in [5, 5.41) is 10.8. The van der Waals surface area contributed by atoms with Crippen molar-refractivity contribution in [3.05, 3.63) is 64.0 Å². The first-order valence-electron chi connectivity index (χ1n) is 6.18. The zero-order valence-corrected chi connectivity index (χ0v) is 11.4. The Morgan fingerprint density at radius 1 is 1.38 bits per heavy atom. The van der Waals surface area contributed by atoms with E-state index in [1.165, 1.54) is 23.1 Å². The molecule has 0 spiro atoms. The highest BCUT2D eigenvalue weighted by atomic mass is 16.6. The lowest BCUT2D eigenvalue weighted by atomic mass is 10.1. The molecule has 0 aliphatic carbocycles. The number of nitro benzene ring substituents is 1. The molecule has 0 saturated carbocycles. The highest BCUT2D eigenvalue weighted by Crippen LogP contribution is 2.25. The van der Waals surface area contributed by atoms with Gasteiger partial charge in [0, 0.05) is 32.1 Å². The zero-order valence-electron chi connectivity index (χ0n) is 11.4. The van der Waals surface area contributed by atoms with Crippen LogP contribution in [0.4, 0.5) is 11.4 Å². The number of nitro groups is 1. The third-order valence-electron chi connectivity index (χ3n) is 3.00. The van der Waals surface area contributed by atoms with Gasteiger partial charge in [0.15, 0.2) is 0 Å². The van der Waals surface area contributed by atoms with Gasteiger partial charge in [0.05, 0.1) is 10.5 Å². The van der Waals surface area contributed by atoms with Crippen LogP contribution in [0.5, 0.6) is 0 Å². The molecule has 1 heterocycles. The second-order valence-corrected chi connectivity index (χ2v) is 4.52. The summed E-state index contributed by atoms with van der Waals surface area (Å²) < 4.78 is 0. The van der Waals surface area contributed by atoms with Crippen molar-refractivity contribution in [2.75, 3.05) is 12.8 Å². The first-order chi connectivity index (χ1) is 10.0. The Balaban J connectivity index is 2.24. The van der Waals surface area contributed by atoms with E-state index in [0.717, 1.165) is 5.56 Å². The van der Waals surface area contributed by atoms with Crippen LogP contribution in [0.2, 0.25) is 0 Å². The minimum atomic E-state index is -0.604. The number of hydrogen-bond acceptors (Lipinski definition) is 5. The average Bonchev–Trinajstić information content (AvgIpc) is 2.47. The lowest BCUT2D eigenvalue weighted by Gasteiger charge is -2.18. The van der Waals surface area contributed by atoms with E-state index in [1.54, 1.807) is 25.5 Å². The Hall–Kier alpha value is -2.96. The third kappa shape index (κ3) is 3.14. The summed E-state index contributed by atoms with van der Waals surface area (Å²) >= 11 is 0. The Bertz CT molecular complexity index is 673. The number of nitrogen functional groups attached to an aromatic ring is 1. The highest BCUT2D eigenvalue weighted by Gasteiger charge is 2.21. The van der Waals surface area contributed by atoms with Gasteiger partial charge in [-0.3, -0.25) is 19.9 Å². The number of benzene rings is 1. The number of rotatable bonds is 4. The molecule has 0 aliphatic heterocycles. The Morgan fingerprint density at radius 3 is 2.76 bits per heavy atom. The first-order valence-corrected chi connectivity index (χ1v) is 6.18. The van der Waals surface area contributed by atoms with Crippen LogP contribution in [-0.4, -0.2) is 27.8 Å². The zero-order chi connectivity index (χ0) is 15.4. The van der Waals surface area contributed by atoms with E-state index < -0.39 is 4.92 Å². The van der Waals surface area contributed by atoms with Crippen molar-refractivity contribution in [2.45, 2.75) is 6.54 Å². The lowest BCUT2D eigenvalue weighted by Crippen LogP contribution is -2.27. The number of hydrogen-bond donors (Lipinski definition) is 1. The van der Waals surface area contributed by atoms with Crippen molar-refractivity contribution in [3.63, 3.8) is 0 Å². The number of nitrogens with two attached hydrogens (primary N) is 1. The predicted molar refractivity (Wildman–Crippen MR) is 77.5 cm³/mol. The number of aromatic nitrogens is 1. The predicted octanol–water partition coefficient (Wildman–Crippen LogP) is 1.84. The smallest absolute Gasteiger partial charge is 0.292 e. The van der Waals surface area contributed by atoms with Crippen molar-refractivity contribution < 1.29 is 9.72 Å². The van der Waals surface area contributed by atoms with Gasteiger partial charge >= 0.3 is 0 Å². The number of carbonyl (C=O) groups excluding carboxylic acids is 1. The molecule has 2 rings (SSSR count). The normalized spacial score (nSPS) is 10.1. The summed E-state index contributed by atoms with van der Waals surface area (Å²) in [5.74, 6) is -0.375. The molecule has 21 heavy (non-hydrogen) atoms. The molecule has 108 valence electrons. The Kier molecular flexibility index (Phi) is 4.13. The van der Waals surface area contributed by atoms with E-state index in [4.69, 9.17) is 5.73 Å². The monoisotopic (exact) mass is 286 g/mol. The van der Waals surface area contributed by atoms with Gasteiger partial charge in [-0.25, -0.2) is 0 Å². The van der Waals surface area contributed by atoms with Crippen molar-refractivity contribution in [1.29, 1.82) is 0 Å². The Morgan fingerprint density at radius 2 is 2.14 bits per heavy atom. The maximum Gasteiger partial charge on any atom is 0.292 e. The van der Waals surface area contributed by atoms with Crippen LogP contribution < -0.4 is 5.73 Å². The average molecular weight is 286 g/mol. The van der Waals surface area contributed by atoms with Crippen LogP contribution >= 0.6 is 0 Å². The summed E-state index contributed by atoms with van der Waals surface area (Å²) in [4.78, 5) is 28.0. The molecule has 0 fully saturated rings. The SMILES string of the molecule is CN(Cc1cccnc1)C(=O)c1cccc([N+](=O)[O-])c1N. The van der Waals surface area contributed by atoms with Gasteiger partial charge in [0.2, 0.25) is 0 Å². The fraction of sp³-hybridized carbons (Fsp3) is 0.143. The highest BCUT2D eigenvalue weighted by molar-refractivity contribution is 6.00. The van der Waals surface area contributed by atoms with Crippen molar-refractivity contribution in [2.24, 2.45) is 0 Å². The number of nitrogens with zero attached hydrogens (tertiary/aromatic N) is 3. The molecule has 0 atom stereocenters. The molecule has 7 nitrogen and oxygen atoms in total. The van der Waals surface area contributed by atoms with Crippen LogP contribution in [0.25, 0.3) is 0 Å². The quantitative estimate of drug-likeness (QED) is 0.525. The summed E-state index contributed by atoms with van der Waals surface area (Å²) in [7, 11) is 1.60. The number of carbonyl (C=O) groups is 1. The molecule has 7 heteroatoms. The van der Waals surface area contributed by atoms with Gasteiger partial charge in [-0.15, -0.1) is 0 Å². The van der Waals surface area contributed by atoms with E-state index in [9.17, 15) is 14.9 Å². The molecule has 2 N–H and O–H groups in total. The minimum Gasteiger partial charge on any atom is -0.393 e. The third-order valence-corrected chi connectivity index (χ3v) is 3.00. The summed E-state index contributed by atoms with van der Waals surface area (Å²) in [6, 6.07) is 7.81. The van der Waals surface area contributed by atoms with Gasteiger partial charge in [-0.1, -0.05) is 12.1 Å². The van der Waals surface area contributed by atoms with Crippen LogP contribution in [0.1, 0.15) is 15.9 Å². The molecule has 0 unspecified atom stereocenters. The minimum absolute atomic E-state index is 0.120. The second kappa shape index (κ2) is 6.00. The fourth-order valence-electron chi connectivity index (χ4n) is 1.94. The van der Waals surface area contributed by atoms with Gasteiger partial charge in [0.25, 0.3) is 11.6 Å². The van der Waals surface area contributed by atoms with Gasteiger partial charge in [-0.2, -0.15) is 0 Å². The number of amides is 1. The molecule has 0 saturated heterocycles. The standard InChI is InChI=1S/C14H14N4O3/c1-17(9-10-4-3-7-16-8-10)14(19)11-5-2-6-12(13(11)15)18(20)21/h2-8H,9,15H2,1H3. The number of pyridine rings is 1. The molecular formula is C14H14N4O3. The van der Waals surface area contributed by atoms with Gasteiger partial charge in [-0.05, 0) is 17.7 Å². The van der Waals surface area contributed by atoms with Crippen molar-refractivity contribution in [3.8, 4) is 0 Å². The van der Waals surface area contributed by atoms with E-state index in [2.05, 4.69) is 4.98 Å². The summed E-state index contributed by atoms with van der Waals surface area (Å²) in [6.45, 7) is 0.342. The van der Waals surface area contributed by atoms with E-state index in [1.807, 2.05) is 6.07 Å². The first kappa shape index (κ1) is 14.4. The molecule has 2 aromatic rings. The molecule has 1 amide bonds. The van der Waals surface area contributed by atoms with E-state index in [-0.39, 0.29) is 22.8 Å². The molecular weight excluding hydrogens is 272 g/mol. The summed E-state index contributed by atoms with van der Waals surface area (Å²) in [6.07, 6.45) is 3.30. The fourth-order valence-corrected chi connectivity index (χ4v) is 1.94. The van der Waals surface area contributed by atoms with Gasteiger partial charge < -0.3 is 10.6 Å². The van der Waals surface area contributed by atoms with Crippen LogP contribution in [0, 0.1) is 10.1 Å². The van der Waals surface area contributed by atoms with Crippen LogP contribution in [-0.2, 0) is 6.54 Å². The molecule has 0 aliphatic rings. The van der Waals surface area contributed by atoms with Crippen LogP contribution in [0.15, 0.2) is 42.7 Å². The van der Waals surface area contributed by atoms with Crippen LogP contribution in [0.3, 0.4) is 0 Å². The second-order valence-electron chi connectivity index (χ2n) is 4.52. The van der Waals surface area contributed by atoms with E-state index in [0.29, 0.717) is 6.54 Å². The molecule has 0 bridgehead atoms. The van der Waals surface area contributed by atoms with Crippen molar-refractivity contribution in [1.82, 2.24) is 9.88 Å². The van der Waals surface area contributed by atoms with Gasteiger partial charge in [0.1, 0.15) is 5.69 Å². The maximum atomic E-state index is 12.3.